The molecule has 1 amide bonds. The summed E-state index contributed by atoms with van der Waals surface area (Å²) in [5.41, 5.74) is -0.327. The van der Waals surface area contributed by atoms with Crippen LogP contribution in [-0.4, -0.2) is 23.7 Å². The second-order valence-corrected chi connectivity index (χ2v) is 4.39. The fraction of sp³-hybridized carbons (Fsp3) is 0.909. The van der Waals surface area contributed by atoms with Gasteiger partial charge in [0.15, 0.2) is 0 Å². The van der Waals surface area contributed by atoms with Gasteiger partial charge >= 0.3 is 0 Å². The number of hydrogen-bond acceptors (Lipinski definition) is 2. The van der Waals surface area contributed by atoms with Crippen LogP contribution in [0.2, 0.25) is 0 Å². The van der Waals surface area contributed by atoms with E-state index in [1.54, 1.807) is 0 Å². The summed E-state index contributed by atoms with van der Waals surface area (Å²) in [4.78, 5) is 11.6. The summed E-state index contributed by atoms with van der Waals surface area (Å²) in [5, 5.41) is 12.2. The molecule has 14 heavy (non-hydrogen) atoms. The molecule has 0 saturated carbocycles. The van der Waals surface area contributed by atoms with Crippen LogP contribution in [0.15, 0.2) is 0 Å². The maximum atomic E-state index is 11.6. The molecule has 2 N–H and O–H groups in total. The summed E-state index contributed by atoms with van der Waals surface area (Å²) in [7, 11) is 0. The van der Waals surface area contributed by atoms with Crippen molar-refractivity contribution in [3.05, 3.63) is 0 Å². The van der Waals surface area contributed by atoms with Gasteiger partial charge in [0.05, 0.1) is 6.10 Å². The van der Waals surface area contributed by atoms with Gasteiger partial charge in [0.2, 0.25) is 5.91 Å². The minimum Gasteiger partial charge on any atom is -0.391 e. The second kappa shape index (κ2) is 6.02. The second-order valence-electron chi connectivity index (χ2n) is 4.39. The zero-order valence-electron chi connectivity index (χ0n) is 9.76. The third kappa shape index (κ3) is 4.61. The predicted octanol–water partition coefficient (Wildman–Crippen LogP) is 1.70. The molecule has 84 valence electrons. The number of carbonyl (C=O) groups excluding carboxylic acids is 1. The number of rotatable bonds is 6. The number of amides is 1. The summed E-state index contributed by atoms with van der Waals surface area (Å²) in [5.74, 6) is 0.0233. The van der Waals surface area contributed by atoms with Crippen molar-refractivity contribution in [2.45, 2.75) is 53.1 Å². The van der Waals surface area contributed by atoms with E-state index in [2.05, 4.69) is 5.32 Å². The fourth-order valence-corrected chi connectivity index (χ4v) is 1.05. The van der Waals surface area contributed by atoms with Crippen LogP contribution in [-0.2, 0) is 4.79 Å². The molecule has 0 aliphatic rings. The average molecular weight is 201 g/mol. The Hall–Kier alpha value is -0.570. The maximum absolute atomic E-state index is 11.6. The largest absolute Gasteiger partial charge is 0.391 e. The molecule has 0 saturated heterocycles. The summed E-state index contributed by atoms with van der Waals surface area (Å²) >= 11 is 0. The zero-order chi connectivity index (χ0) is 11.2. The molecule has 0 aromatic heterocycles. The monoisotopic (exact) mass is 201 g/mol. The Morgan fingerprint density at radius 3 is 2.43 bits per heavy atom. The smallest absolute Gasteiger partial charge is 0.225 e. The minimum atomic E-state index is -0.406. The van der Waals surface area contributed by atoms with Crippen molar-refractivity contribution in [3.8, 4) is 0 Å². The lowest BCUT2D eigenvalue weighted by molar-refractivity contribution is -0.130. The van der Waals surface area contributed by atoms with Crippen LogP contribution in [0.4, 0.5) is 0 Å². The standard InChI is InChI=1S/C11H23NO2/c1-5-7-9(13)8-12-10(14)11(3,4)6-2/h9,13H,5-8H2,1-4H3,(H,12,14). The van der Waals surface area contributed by atoms with Crippen molar-refractivity contribution in [1.29, 1.82) is 0 Å². The highest BCUT2D eigenvalue weighted by molar-refractivity contribution is 5.81. The van der Waals surface area contributed by atoms with Crippen molar-refractivity contribution < 1.29 is 9.90 Å². The van der Waals surface area contributed by atoms with Gasteiger partial charge in [0.1, 0.15) is 0 Å². The number of carbonyl (C=O) groups is 1. The molecule has 0 aliphatic carbocycles. The van der Waals surface area contributed by atoms with Crippen LogP contribution < -0.4 is 5.32 Å². The highest BCUT2D eigenvalue weighted by Gasteiger charge is 2.25. The number of hydrogen-bond donors (Lipinski definition) is 2. The first-order valence-corrected chi connectivity index (χ1v) is 5.40. The van der Waals surface area contributed by atoms with E-state index in [1.165, 1.54) is 0 Å². The van der Waals surface area contributed by atoms with Gasteiger partial charge in [-0.05, 0) is 12.8 Å². The summed E-state index contributed by atoms with van der Waals surface area (Å²) < 4.78 is 0. The number of nitrogens with one attached hydrogen (secondary N) is 1. The van der Waals surface area contributed by atoms with E-state index >= 15 is 0 Å². The molecule has 0 aromatic carbocycles. The third-order valence-electron chi connectivity index (χ3n) is 2.62. The van der Waals surface area contributed by atoms with Crippen molar-refractivity contribution in [2.75, 3.05) is 6.54 Å². The Labute approximate surface area is 86.9 Å². The topological polar surface area (TPSA) is 49.3 Å². The Morgan fingerprint density at radius 2 is 2.00 bits per heavy atom. The molecule has 1 unspecified atom stereocenters. The molecule has 0 rings (SSSR count). The lowest BCUT2D eigenvalue weighted by atomic mass is 9.89. The van der Waals surface area contributed by atoms with Crippen LogP contribution in [0.1, 0.15) is 47.0 Å². The predicted molar refractivity (Wildman–Crippen MR) is 58.0 cm³/mol. The molecular weight excluding hydrogens is 178 g/mol. The Kier molecular flexibility index (Phi) is 5.77. The summed E-state index contributed by atoms with van der Waals surface area (Å²) in [6.07, 6.45) is 2.08. The van der Waals surface area contributed by atoms with E-state index in [0.29, 0.717) is 6.54 Å². The van der Waals surface area contributed by atoms with Crippen molar-refractivity contribution in [2.24, 2.45) is 5.41 Å². The minimum absolute atomic E-state index is 0.0233. The van der Waals surface area contributed by atoms with Gasteiger partial charge in [-0.15, -0.1) is 0 Å². The van der Waals surface area contributed by atoms with E-state index in [4.69, 9.17) is 0 Å². The number of aliphatic hydroxyl groups is 1. The molecule has 1 atom stereocenters. The van der Waals surface area contributed by atoms with Crippen LogP contribution in [0, 0.1) is 5.41 Å². The first kappa shape index (κ1) is 13.4. The van der Waals surface area contributed by atoms with Crippen LogP contribution in [0.5, 0.6) is 0 Å². The zero-order valence-corrected chi connectivity index (χ0v) is 9.76. The first-order chi connectivity index (χ1) is 6.44. The molecule has 0 spiro atoms. The van der Waals surface area contributed by atoms with E-state index in [9.17, 15) is 9.90 Å². The molecule has 3 nitrogen and oxygen atoms in total. The molecule has 3 heteroatoms. The Morgan fingerprint density at radius 1 is 1.43 bits per heavy atom. The van der Waals surface area contributed by atoms with Gasteiger partial charge < -0.3 is 10.4 Å². The van der Waals surface area contributed by atoms with Gasteiger partial charge in [-0.1, -0.05) is 34.1 Å². The van der Waals surface area contributed by atoms with E-state index in [0.717, 1.165) is 19.3 Å². The Balaban J connectivity index is 3.85. The van der Waals surface area contributed by atoms with Gasteiger partial charge in [0.25, 0.3) is 0 Å². The highest BCUT2D eigenvalue weighted by atomic mass is 16.3. The van der Waals surface area contributed by atoms with Crippen LogP contribution in [0.25, 0.3) is 0 Å². The highest BCUT2D eigenvalue weighted by Crippen LogP contribution is 2.19. The molecule has 0 bridgehead atoms. The third-order valence-corrected chi connectivity index (χ3v) is 2.62. The fourth-order valence-electron chi connectivity index (χ4n) is 1.05. The van der Waals surface area contributed by atoms with Crippen molar-refractivity contribution >= 4 is 5.91 Å². The molecule has 0 aromatic rings. The van der Waals surface area contributed by atoms with Crippen molar-refractivity contribution in [1.82, 2.24) is 5.32 Å². The summed E-state index contributed by atoms with van der Waals surface area (Å²) in [6, 6.07) is 0. The molecule has 0 radical (unpaired) electrons. The number of aliphatic hydroxyl groups excluding tert-OH is 1. The van der Waals surface area contributed by atoms with Gasteiger partial charge in [-0.3, -0.25) is 4.79 Å². The molecular formula is C11H23NO2. The van der Waals surface area contributed by atoms with Crippen LogP contribution in [0.3, 0.4) is 0 Å². The lowest BCUT2D eigenvalue weighted by Crippen LogP contribution is -2.40. The molecule has 0 aliphatic heterocycles. The van der Waals surface area contributed by atoms with Crippen molar-refractivity contribution in [3.63, 3.8) is 0 Å². The van der Waals surface area contributed by atoms with E-state index in [-0.39, 0.29) is 11.3 Å². The SMILES string of the molecule is CCCC(O)CNC(=O)C(C)(C)CC. The van der Waals surface area contributed by atoms with Gasteiger partial charge in [-0.2, -0.15) is 0 Å². The lowest BCUT2D eigenvalue weighted by Gasteiger charge is -2.22. The van der Waals surface area contributed by atoms with E-state index in [1.807, 2.05) is 27.7 Å². The molecule has 0 fully saturated rings. The van der Waals surface area contributed by atoms with Gasteiger partial charge in [-0.25, -0.2) is 0 Å². The normalized spacial score (nSPS) is 13.8. The maximum Gasteiger partial charge on any atom is 0.225 e. The first-order valence-electron chi connectivity index (χ1n) is 5.40. The molecule has 0 heterocycles. The average Bonchev–Trinajstić information content (AvgIpc) is 2.14. The van der Waals surface area contributed by atoms with Crippen LogP contribution >= 0.6 is 0 Å². The van der Waals surface area contributed by atoms with Gasteiger partial charge in [0, 0.05) is 12.0 Å². The Bertz CT molecular complexity index is 178. The summed E-state index contributed by atoms with van der Waals surface area (Å²) in [6.45, 7) is 8.20. The quantitative estimate of drug-likeness (QED) is 0.687. The van der Waals surface area contributed by atoms with E-state index < -0.39 is 6.10 Å².